The lowest BCUT2D eigenvalue weighted by Crippen LogP contribution is -2.37. The van der Waals surface area contributed by atoms with Gasteiger partial charge in [-0.15, -0.1) is 0 Å². The van der Waals surface area contributed by atoms with E-state index in [4.69, 9.17) is 11.5 Å². The van der Waals surface area contributed by atoms with Crippen LogP contribution in [0.25, 0.3) is 0 Å². The van der Waals surface area contributed by atoms with Gasteiger partial charge in [0, 0.05) is 17.4 Å². The van der Waals surface area contributed by atoms with E-state index in [2.05, 4.69) is 15.3 Å². The zero-order chi connectivity index (χ0) is 12.0. The van der Waals surface area contributed by atoms with Gasteiger partial charge in [0.2, 0.25) is 11.9 Å². The summed E-state index contributed by atoms with van der Waals surface area (Å²) in [5.74, 6) is 1.24. The number of hydrogen-bond acceptors (Lipinski definition) is 5. The molecule has 1 aromatic heterocycles. The number of nitrogens with two attached hydrogens (primary N) is 2. The van der Waals surface area contributed by atoms with Crippen molar-refractivity contribution in [3.05, 3.63) is 5.56 Å². The first-order valence-electron chi connectivity index (χ1n) is 5.90. The van der Waals surface area contributed by atoms with Crippen molar-refractivity contribution in [3.63, 3.8) is 0 Å². The van der Waals surface area contributed by atoms with E-state index in [1.165, 1.54) is 0 Å². The van der Waals surface area contributed by atoms with Crippen LogP contribution in [0.1, 0.15) is 37.2 Å². The minimum absolute atomic E-state index is 0.0192. The summed E-state index contributed by atoms with van der Waals surface area (Å²) in [5, 5.41) is 2.79. The van der Waals surface area contributed by atoms with Crippen LogP contribution < -0.4 is 16.8 Å². The smallest absolute Gasteiger partial charge is 0.229 e. The molecule has 2 aliphatic rings. The summed E-state index contributed by atoms with van der Waals surface area (Å²) in [7, 11) is 0. The Morgan fingerprint density at radius 3 is 2.59 bits per heavy atom. The Morgan fingerprint density at radius 1 is 1.12 bits per heavy atom. The Bertz CT molecular complexity index is 487. The molecule has 0 aromatic carbocycles. The number of rotatable bonds is 0. The Labute approximate surface area is 98.8 Å². The maximum Gasteiger partial charge on any atom is 0.229 e. The van der Waals surface area contributed by atoms with Gasteiger partial charge in [0.15, 0.2) is 0 Å². The number of nitrogens with one attached hydrogen (secondary N) is 1. The standard InChI is InChI=1S/C11H15N5O/c12-8-7-5-3-1-2-4-6(5)10(17)15-9(7)16-11(13)14-8/h5-6H,1-4H2,(H5,12,13,14,15,16,17). The fraction of sp³-hybridized carbons (Fsp3) is 0.545. The number of amides is 1. The minimum atomic E-state index is 0.0192. The number of carbonyl (C=O) groups excluding carboxylic acids is 1. The number of carbonyl (C=O) groups is 1. The molecule has 3 rings (SSSR count). The molecule has 6 nitrogen and oxygen atoms in total. The predicted molar refractivity (Wildman–Crippen MR) is 64.2 cm³/mol. The second-order valence-electron chi connectivity index (χ2n) is 4.72. The van der Waals surface area contributed by atoms with E-state index in [1.54, 1.807) is 0 Å². The van der Waals surface area contributed by atoms with E-state index in [1.807, 2.05) is 0 Å². The number of fused-ring (bicyclic) bond motifs is 3. The maximum atomic E-state index is 12.0. The number of nitrogen functional groups attached to an aromatic ring is 2. The average Bonchev–Trinajstić information content (AvgIpc) is 2.28. The van der Waals surface area contributed by atoms with Crippen molar-refractivity contribution in [1.82, 2.24) is 9.97 Å². The molecule has 1 amide bonds. The molecule has 2 heterocycles. The van der Waals surface area contributed by atoms with Gasteiger partial charge in [0.1, 0.15) is 11.6 Å². The zero-order valence-corrected chi connectivity index (χ0v) is 9.44. The quantitative estimate of drug-likeness (QED) is 0.616. The lowest BCUT2D eigenvalue weighted by Gasteiger charge is -2.35. The van der Waals surface area contributed by atoms with Crippen LogP contribution in [-0.4, -0.2) is 15.9 Å². The van der Waals surface area contributed by atoms with Crippen molar-refractivity contribution >= 4 is 23.5 Å². The van der Waals surface area contributed by atoms with Gasteiger partial charge in [-0.25, -0.2) is 0 Å². The molecule has 6 heteroatoms. The molecule has 2 unspecified atom stereocenters. The number of aromatic nitrogens is 2. The summed E-state index contributed by atoms with van der Waals surface area (Å²) in [5.41, 5.74) is 12.3. The Kier molecular flexibility index (Phi) is 2.17. The molecule has 0 saturated heterocycles. The van der Waals surface area contributed by atoms with Crippen LogP contribution in [0.5, 0.6) is 0 Å². The van der Waals surface area contributed by atoms with Crippen molar-refractivity contribution in [2.24, 2.45) is 5.92 Å². The van der Waals surface area contributed by atoms with Gasteiger partial charge in [-0.3, -0.25) is 4.79 Å². The number of nitrogens with zero attached hydrogens (tertiary/aromatic N) is 2. The topological polar surface area (TPSA) is 107 Å². The highest BCUT2D eigenvalue weighted by Crippen LogP contribution is 2.45. The van der Waals surface area contributed by atoms with Crippen molar-refractivity contribution in [2.45, 2.75) is 31.6 Å². The van der Waals surface area contributed by atoms with Gasteiger partial charge in [0.05, 0.1) is 0 Å². The zero-order valence-electron chi connectivity index (χ0n) is 9.44. The molecule has 90 valence electrons. The van der Waals surface area contributed by atoms with Crippen LogP contribution in [0.2, 0.25) is 0 Å². The Hall–Kier alpha value is -1.85. The molecular weight excluding hydrogens is 218 g/mol. The third kappa shape index (κ3) is 1.51. The fourth-order valence-corrected chi connectivity index (χ4v) is 2.97. The first kappa shape index (κ1) is 10.3. The van der Waals surface area contributed by atoms with Gasteiger partial charge in [-0.2, -0.15) is 9.97 Å². The van der Waals surface area contributed by atoms with Crippen molar-refractivity contribution in [1.29, 1.82) is 0 Å². The van der Waals surface area contributed by atoms with Crippen molar-refractivity contribution in [3.8, 4) is 0 Å². The first-order valence-corrected chi connectivity index (χ1v) is 5.90. The molecule has 0 radical (unpaired) electrons. The van der Waals surface area contributed by atoms with Gasteiger partial charge in [-0.05, 0) is 12.8 Å². The molecule has 0 spiro atoms. The summed E-state index contributed by atoms with van der Waals surface area (Å²) < 4.78 is 0. The minimum Gasteiger partial charge on any atom is -0.383 e. The van der Waals surface area contributed by atoms with E-state index in [0.29, 0.717) is 11.6 Å². The van der Waals surface area contributed by atoms with Gasteiger partial charge in [0.25, 0.3) is 0 Å². The van der Waals surface area contributed by atoms with Crippen molar-refractivity contribution < 1.29 is 4.79 Å². The molecule has 1 fully saturated rings. The lowest BCUT2D eigenvalue weighted by molar-refractivity contribution is -0.121. The SMILES string of the molecule is Nc1nc(N)c2c(n1)NC(=O)C1CCCCC21. The molecule has 17 heavy (non-hydrogen) atoms. The highest BCUT2D eigenvalue weighted by molar-refractivity contribution is 5.96. The lowest BCUT2D eigenvalue weighted by atomic mass is 9.73. The molecule has 1 saturated carbocycles. The largest absolute Gasteiger partial charge is 0.383 e. The van der Waals surface area contributed by atoms with Crippen LogP contribution in [0.15, 0.2) is 0 Å². The van der Waals surface area contributed by atoms with E-state index in [0.717, 1.165) is 31.2 Å². The van der Waals surface area contributed by atoms with Crippen molar-refractivity contribution in [2.75, 3.05) is 16.8 Å². The van der Waals surface area contributed by atoms with Gasteiger partial charge in [-0.1, -0.05) is 12.8 Å². The Balaban J connectivity index is 2.13. The highest BCUT2D eigenvalue weighted by atomic mass is 16.2. The second-order valence-corrected chi connectivity index (χ2v) is 4.72. The van der Waals surface area contributed by atoms with Gasteiger partial charge < -0.3 is 16.8 Å². The summed E-state index contributed by atoms with van der Waals surface area (Å²) in [6, 6.07) is 0. The monoisotopic (exact) mass is 233 g/mol. The average molecular weight is 233 g/mol. The molecule has 1 aromatic rings. The number of anilines is 3. The summed E-state index contributed by atoms with van der Waals surface area (Å²) in [4.78, 5) is 20.0. The maximum absolute atomic E-state index is 12.0. The number of hydrogen-bond donors (Lipinski definition) is 3. The molecule has 1 aliphatic carbocycles. The molecular formula is C11H15N5O. The molecule has 5 N–H and O–H groups in total. The summed E-state index contributed by atoms with van der Waals surface area (Å²) in [6.07, 6.45) is 4.11. The van der Waals surface area contributed by atoms with E-state index in [-0.39, 0.29) is 23.7 Å². The summed E-state index contributed by atoms with van der Waals surface area (Å²) >= 11 is 0. The van der Waals surface area contributed by atoms with Crippen LogP contribution >= 0.6 is 0 Å². The highest BCUT2D eigenvalue weighted by Gasteiger charge is 2.39. The second kappa shape index (κ2) is 3.58. The van der Waals surface area contributed by atoms with Crippen LogP contribution in [0.4, 0.5) is 17.6 Å². The third-order valence-electron chi connectivity index (χ3n) is 3.71. The molecule has 2 atom stereocenters. The van der Waals surface area contributed by atoms with E-state index in [9.17, 15) is 4.79 Å². The summed E-state index contributed by atoms with van der Waals surface area (Å²) in [6.45, 7) is 0. The van der Waals surface area contributed by atoms with Crippen LogP contribution in [-0.2, 0) is 4.79 Å². The van der Waals surface area contributed by atoms with Crippen LogP contribution in [0, 0.1) is 5.92 Å². The Morgan fingerprint density at radius 2 is 1.82 bits per heavy atom. The van der Waals surface area contributed by atoms with Crippen LogP contribution in [0.3, 0.4) is 0 Å². The normalized spacial score (nSPS) is 26.9. The molecule has 0 bridgehead atoms. The third-order valence-corrected chi connectivity index (χ3v) is 3.71. The first-order chi connectivity index (χ1) is 8.16. The van der Waals surface area contributed by atoms with E-state index < -0.39 is 0 Å². The predicted octanol–water partition coefficient (Wildman–Crippen LogP) is 0.867. The van der Waals surface area contributed by atoms with Gasteiger partial charge >= 0.3 is 0 Å². The molecule has 1 aliphatic heterocycles. The van der Waals surface area contributed by atoms with E-state index >= 15 is 0 Å². The fourth-order valence-electron chi connectivity index (χ4n) is 2.97.